The highest BCUT2D eigenvalue weighted by Gasteiger charge is 2.41. The molecular weight excluding hydrogens is 520 g/mol. The lowest BCUT2D eigenvalue weighted by Gasteiger charge is -2.39. The molecule has 0 radical (unpaired) electrons. The van der Waals surface area contributed by atoms with Gasteiger partial charge in [0.2, 0.25) is 0 Å². The van der Waals surface area contributed by atoms with Crippen LogP contribution in [0.15, 0.2) is 51.7 Å². The average molecular weight is 555 g/mol. The van der Waals surface area contributed by atoms with E-state index in [1.807, 2.05) is 24.3 Å². The van der Waals surface area contributed by atoms with Crippen molar-refractivity contribution in [2.24, 2.45) is 0 Å². The molecule has 5 atom stereocenters. The molecule has 9 nitrogen and oxygen atoms in total. The van der Waals surface area contributed by atoms with Crippen LogP contribution in [0.5, 0.6) is 5.75 Å². The lowest BCUT2D eigenvalue weighted by Crippen LogP contribution is -2.55. The SMILES string of the molecule is CCN(CC)c1ccc2nc3c4cc(OCCCS[C@H]5OC(C)[C@@H](O)[C@@H](O)[C@@H]5O)ccc4c(=O)cc-3oc2c1. The molecule has 2 heterocycles. The van der Waals surface area contributed by atoms with Crippen LogP contribution in [-0.4, -0.2) is 75.6 Å². The number of anilines is 1. The Kier molecular flexibility index (Phi) is 8.29. The molecule has 0 bridgehead atoms. The van der Waals surface area contributed by atoms with E-state index in [-0.39, 0.29) is 5.43 Å². The normalized spacial score (nSPS) is 23.5. The summed E-state index contributed by atoms with van der Waals surface area (Å²) in [5, 5.41) is 31.2. The predicted octanol–water partition coefficient (Wildman–Crippen LogP) is 3.62. The molecule has 1 saturated heterocycles. The van der Waals surface area contributed by atoms with Gasteiger partial charge >= 0.3 is 0 Å². The standard InChI is InChI=1S/C29H34N2O7S/c1-4-31(5-2)17-7-10-21-23(13-17)38-24-15-22(32)19-9-8-18(14-20(19)25(24)30-21)36-11-6-12-39-29-28(35)27(34)26(33)16(3)37-29/h7-10,13-16,26-29,33-35H,4-6,11-12H2,1-3H3/t16?,26-,27-,28+,29-/m1/s1. The summed E-state index contributed by atoms with van der Waals surface area (Å²) < 4.78 is 17.7. The van der Waals surface area contributed by atoms with Crippen LogP contribution in [0, 0.1) is 0 Å². The fourth-order valence-electron chi connectivity index (χ4n) is 4.92. The summed E-state index contributed by atoms with van der Waals surface area (Å²) in [5.41, 5.74) is 2.22. The molecular formula is C29H34N2O7S. The predicted molar refractivity (Wildman–Crippen MR) is 153 cm³/mol. The van der Waals surface area contributed by atoms with Crippen LogP contribution >= 0.6 is 11.8 Å². The van der Waals surface area contributed by atoms with E-state index >= 15 is 0 Å². The van der Waals surface area contributed by atoms with Crippen LogP contribution in [-0.2, 0) is 4.74 Å². The van der Waals surface area contributed by atoms with Crippen molar-refractivity contribution >= 4 is 39.3 Å². The maximum Gasteiger partial charge on any atom is 0.190 e. The van der Waals surface area contributed by atoms with Crippen molar-refractivity contribution in [3.05, 3.63) is 52.7 Å². The number of nitrogens with zero attached hydrogens (tertiary/aromatic N) is 2. The van der Waals surface area contributed by atoms with Crippen molar-refractivity contribution in [3.8, 4) is 17.2 Å². The largest absolute Gasteiger partial charge is 0.494 e. The monoisotopic (exact) mass is 554 g/mol. The molecule has 0 amide bonds. The minimum absolute atomic E-state index is 0.141. The highest BCUT2D eigenvalue weighted by molar-refractivity contribution is 7.99. The zero-order chi connectivity index (χ0) is 27.7. The number of thioether (sulfide) groups is 1. The van der Waals surface area contributed by atoms with E-state index in [1.165, 1.54) is 17.8 Å². The molecule has 1 unspecified atom stereocenters. The molecule has 0 saturated carbocycles. The highest BCUT2D eigenvalue weighted by atomic mass is 32.2. The molecule has 2 aliphatic heterocycles. The maximum absolute atomic E-state index is 12.8. The van der Waals surface area contributed by atoms with E-state index in [0.717, 1.165) is 18.8 Å². The van der Waals surface area contributed by atoms with Gasteiger partial charge in [0.05, 0.1) is 12.7 Å². The van der Waals surface area contributed by atoms with Gasteiger partial charge in [0.1, 0.15) is 40.7 Å². The third kappa shape index (κ3) is 5.57. The first kappa shape index (κ1) is 27.7. The van der Waals surface area contributed by atoms with Crippen LogP contribution < -0.4 is 15.1 Å². The molecule has 2 aromatic rings. The topological polar surface area (TPSA) is 125 Å². The molecule has 1 fully saturated rings. The Hall–Kier alpha value is -2.89. The first-order chi connectivity index (χ1) is 18.8. The average Bonchev–Trinajstić information content (AvgIpc) is 2.94. The van der Waals surface area contributed by atoms with Gasteiger partial charge in [-0.1, -0.05) is 0 Å². The second-order valence-corrected chi connectivity index (χ2v) is 10.9. The number of hydrogen-bond acceptors (Lipinski definition) is 10. The smallest absolute Gasteiger partial charge is 0.190 e. The molecule has 3 N–H and O–H groups in total. The van der Waals surface area contributed by atoms with Crippen LogP contribution in [0.3, 0.4) is 0 Å². The second kappa shape index (κ2) is 11.7. The van der Waals surface area contributed by atoms with Crippen LogP contribution in [0.2, 0.25) is 0 Å². The highest BCUT2D eigenvalue weighted by Crippen LogP contribution is 2.34. The van der Waals surface area contributed by atoms with Crippen LogP contribution in [0.1, 0.15) is 27.2 Å². The summed E-state index contributed by atoms with van der Waals surface area (Å²) in [6.45, 7) is 8.04. The van der Waals surface area contributed by atoms with Crippen LogP contribution in [0.25, 0.3) is 33.3 Å². The first-order valence-electron chi connectivity index (χ1n) is 13.3. The van der Waals surface area contributed by atoms with Gasteiger partial charge in [0.25, 0.3) is 0 Å². The summed E-state index contributed by atoms with van der Waals surface area (Å²) in [4.78, 5) is 19.9. The van der Waals surface area contributed by atoms with Crippen molar-refractivity contribution in [1.29, 1.82) is 0 Å². The van der Waals surface area contributed by atoms with E-state index in [0.29, 0.717) is 57.9 Å². The van der Waals surface area contributed by atoms with Gasteiger partial charge in [0.15, 0.2) is 16.8 Å². The van der Waals surface area contributed by atoms with Crippen LogP contribution in [0.4, 0.5) is 5.69 Å². The third-order valence-corrected chi connectivity index (χ3v) is 8.42. The summed E-state index contributed by atoms with van der Waals surface area (Å²) in [7, 11) is 0. The Morgan fingerprint density at radius 3 is 2.56 bits per heavy atom. The van der Waals surface area contributed by atoms with Gasteiger partial charge in [-0.3, -0.25) is 4.79 Å². The van der Waals surface area contributed by atoms with Gasteiger partial charge in [-0.05, 0) is 63.3 Å². The van der Waals surface area contributed by atoms with Gasteiger partial charge in [-0.15, -0.1) is 11.8 Å². The summed E-state index contributed by atoms with van der Waals surface area (Å²) in [6.07, 6.45) is -3.39. The van der Waals surface area contributed by atoms with Gasteiger partial charge in [0, 0.05) is 41.7 Å². The first-order valence-corrected chi connectivity index (χ1v) is 14.4. The number of fused-ring (bicyclic) bond motifs is 4. The fourth-order valence-corrected chi connectivity index (χ4v) is 6.04. The Bertz CT molecular complexity index is 1470. The second-order valence-electron chi connectivity index (χ2n) is 9.72. The molecule has 3 aliphatic rings. The minimum atomic E-state index is -1.23. The number of aliphatic hydroxyl groups is 3. The maximum atomic E-state index is 12.8. The Labute approximate surface area is 230 Å². The Balaban J connectivity index is 1.31. The molecule has 2 aromatic carbocycles. The third-order valence-electron chi connectivity index (χ3n) is 7.18. The van der Waals surface area contributed by atoms with Gasteiger partial charge in [-0.25, -0.2) is 4.98 Å². The number of rotatable bonds is 9. The molecule has 5 rings (SSSR count). The zero-order valence-corrected chi connectivity index (χ0v) is 23.1. The van der Waals surface area contributed by atoms with Crippen molar-refractivity contribution in [2.75, 3.05) is 30.3 Å². The molecule has 1 aliphatic carbocycles. The van der Waals surface area contributed by atoms with E-state index in [2.05, 4.69) is 18.7 Å². The molecule has 208 valence electrons. The fraction of sp³-hybridized carbons (Fsp3) is 0.448. The summed E-state index contributed by atoms with van der Waals surface area (Å²) in [5.74, 6) is 1.66. The molecule has 0 aromatic heterocycles. The summed E-state index contributed by atoms with van der Waals surface area (Å²) >= 11 is 1.37. The van der Waals surface area contributed by atoms with Crippen molar-refractivity contribution in [2.45, 2.75) is 57.0 Å². The number of ether oxygens (including phenoxy) is 2. The lowest BCUT2D eigenvalue weighted by atomic mass is 10.0. The van der Waals surface area contributed by atoms with E-state index in [4.69, 9.17) is 18.9 Å². The minimum Gasteiger partial charge on any atom is -0.494 e. The molecule has 0 spiro atoms. The Morgan fingerprint density at radius 1 is 1.00 bits per heavy atom. The number of aromatic nitrogens is 1. The lowest BCUT2D eigenvalue weighted by molar-refractivity contribution is -0.192. The van der Waals surface area contributed by atoms with Gasteiger partial charge in [-0.2, -0.15) is 0 Å². The van der Waals surface area contributed by atoms with Crippen molar-refractivity contribution < 1.29 is 29.2 Å². The zero-order valence-electron chi connectivity index (χ0n) is 22.2. The van der Waals surface area contributed by atoms with Crippen molar-refractivity contribution in [3.63, 3.8) is 0 Å². The quantitative estimate of drug-likeness (QED) is 0.160. The van der Waals surface area contributed by atoms with E-state index in [9.17, 15) is 20.1 Å². The van der Waals surface area contributed by atoms with E-state index in [1.54, 1.807) is 19.1 Å². The van der Waals surface area contributed by atoms with Gasteiger partial charge < -0.3 is 34.1 Å². The number of aliphatic hydroxyl groups excluding tert-OH is 3. The summed E-state index contributed by atoms with van der Waals surface area (Å²) in [6, 6.07) is 12.8. The number of hydrogen-bond donors (Lipinski definition) is 3. The Morgan fingerprint density at radius 2 is 1.79 bits per heavy atom. The van der Waals surface area contributed by atoms with Crippen molar-refractivity contribution in [1.82, 2.24) is 4.98 Å². The number of benzene rings is 3. The molecule has 10 heteroatoms. The van der Waals surface area contributed by atoms with E-state index < -0.39 is 29.9 Å². The molecule has 39 heavy (non-hydrogen) atoms.